The highest BCUT2D eigenvalue weighted by molar-refractivity contribution is 7.84. The maximum atomic E-state index is 11.4. The molecule has 2 heterocycles. The van der Waals surface area contributed by atoms with Gasteiger partial charge in [-0.2, -0.15) is 5.10 Å². The quantitative estimate of drug-likeness (QED) is 0.860. The Morgan fingerprint density at radius 2 is 2.24 bits per heavy atom. The summed E-state index contributed by atoms with van der Waals surface area (Å²) in [6.45, 7) is 3.68. The van der Waals surface area contributed by atoms with Crippen LogP contribution in [0.3, 0.4) is 0 Å². The number of carboxylic acids is 1. The van der Waals surface area contributed by atoms with Crippen LogP contribution in [0.1, 0.15) is 23.0 Å². The van der Waals surface area contributed by atoms with Crippen molar-refractivity contribution in [2.75, 3.05) is 17.3 Å². The third-order valence-electron chi connectivity index (χ3n) is 3.13. The highest BCUT2D eigenvalue weighted by Gasteiger charge is 2.20. The molecule has 0 fully saturated rings. The lowest BCUT2D eigenvalue weighted by atomic mass is 10.1. The van der Waals surface area contributed by atoms with Gasteiger partial charge in [-0.15, -0.1) is 0 Å². The van der Waals surface area contributed by atoms with E-state index in [4.69, 9.17) is 0 Å². The normalized spacial score (nSPS) is 14.1. The van der Waals surface area contributed by atoms with Crippen LogP contribution in [0.5, 0.6) is 0 Å². The molecule has 0 aromatic carbocycles. The first kappa shape index (κ1) is 15.4. The van der Waals surface area contributed by atoms with E-state index in [1.807, 2.05) is 13.8 Å². The highest BCUT2D eigenvalue weighted by Crippen LogP contribution is 2.29. The molecular formula is C13H18N4O3S. The van der Waals surface area contributed by atoms with Gasteiger partial charge in [0.15, 0.2) is 5.65 Å². The molecular weight excluding hydrogens is 292 g/mol. The van der Waals surface area contributed by atoms with Gasteiger partial charge in [0.1, 0.15) is 5.56 Å². The molecule has 0 saturated carbocycles. The fourth-order valence-electron chi connectivity index (χ4n) is 2.36. The van der Waals surface area contributed by atoms with Gasteiger partial charge in [-0.25, -0.2) is 9.78 Å². The number of nitrogens with one attached hydrogen (secondary N) is 1. The van der Waals surface area contributed by atoms with Gasteiger partial charge in [-0.1, -0.05) is 0 Å². The number of nitrogens with zero attached hydrogens (tertiary/aromatic N) is 3. The van der Waals surface area contributed by atoms with Crippen LogP contribution in [0.15, 0.2) is 6.20 Å². The van der Waals surface area contributed by atoms with E-state index in [1.54, 1.807) is 18.0 Å². The highest BCUT2D eigenvalue weighted by atomic mass is 32.2. The maximum Gasteiger partial charge on any atom is 0.339 e. The Bertz CT molecular complexity index is 726. The second kappa shape index (κ2) is 5.80. The number of anilines is 1. The lowest BCUT2D eigenvalue weighted by Gasteiger charge is -2.16. The molecule has 0 aliphatic carbocycles. The summed E-state index contributed by atoms with van der Waals surface area (Å²) in [6, 6.07) is -0.126. The Morgan fingerprint density at radius 3 is 2.81 bits per heavy atom. The van der Waals surface area contributed by atoms with Crippen molar-refractivity contribution < 1.29 is 14.1 Å². The molecule has 114 valence electrons. The van der Waals surface area contributed by atoms with E-state index in [1.165, 1.54) is 6.20 Å². The van der Waals surface area contributed by atoms with Crippen molar-refractivity contribution in [3.05, 3.63) is 17.5 Å². The van der Waals surface area contributed by atoms with E-state index in [0.29, 0.717) is 28.2 Å². The van der Waals surface area contributed by atoms with E-state index < -0.39 is 16.8 Å². The maximum absolute atomic E-state index is 11.4. The van der Waals surface area contributed by atoms with Crippen molar-refractivity contribution in [1.82, 2.24) is 14.8 Å². The van der Waals surface area contributed by atoms with Gasteiger partial charge in [-0.3, -0.25) is 8.89 Å². The molecule has 0 bridgehead atoms. The van der Waals surface area contributed by atoms with Crippen LogP contribution in [-0.4, -0.2) is 48.1 Å². The number of pyridine rings is 1. The lowest BCUT2D eigenvalue weighted by Crippen LogP contribution is -2.24. The van der Waals surface area contributed by atoms with E-state index >= 15 is 0 Å². The van der Waals surface area contributed by atoms with E-state index in [0.717, 1.165) is 0 Å². The minimum absolute atomic E-state index is 0.0901. The Labute approximate surface area is 124 Å². The summed E-state index contributed by atoms with van der Waals surface area (Å²) in [4.78, 5) is 15.6. The van der Waals surface area contributed by atoms with Crippen molar-refractivity contribution in [3.63, 3.8) is 0 Å². The zero-order chi connectivity index (χ0) is 15.7. The molecule has 21 heavy (non-hydrogen) atoms. The van der Waals surface area contributed by atoms with Crippen molar-refractivity contribution in [2.24, 2.45) is 7.05 Å². The van der Waals surface area contributed by atoms with Gasteiger partial charge in [0, 0.05) is 42.1 Å². The molecule has 0 aliphatic heterocycles. The number of rotatable bonds is 5. The lowest BCUT2D eigenvalue weighted by molar-refractivity contribution is 0.0697. The Kier molecular flexibility index (Phi) is 4.26. The minimum atomic E-state index is -1.06. The van der Waals surface area contributed by atoms with E-state index in [-0.39, 0.29) is 11.6 Å². The molecule has 0 spiro atoms. The molecule has 2 N–H and O–H groups in total. The Morgan fingerprint density at radius 1 is 1.57 bits per heavy atom. The van der Waals surface area contributed by atoms with Crippen LogP contribution in [0, 0.1) is 6.92 Å². The summed E-state index contributed by atoms with van der Waals surface area (Å²) >= 11 is 0. The first-order valence-electron chi connectivity index (χ1n) is 6.43. The van der Waals surface area contributed by atoms with Gasteiger partial charge in [0.05, 0.1) is 16.8 Å². The van der Waals surface area contributed by atoms with E-state index in [9.17, 15) is 14.1 Å². The molecule has 2 aromatic heterocycles. The predicted molar refractivity (Wildman–Crippen MR) is 82.2 cm³/mol. The van der Waals surface area contributed by atoms with Crippen molar-refractivity contribution in [3.8, 4) is 0 Å². The third-order valence-corrected chi connectivity index (χ3v) is 4.10. The third kappa shape index (κ3) is 3.05. The number of aromatic carboxylic acids is 1. The fraction of sp³-hybridized carbons (Fsp3) is 0.462. The molecule has 2 aromatic rings. The van der Waals surface area contributed by atoms with Crippen LogP contribution in [0.25, 0.3) is 11.0 Å². The standard InChI is InChI=1S/C13H18N4O3S/c1-7(6-21(4)20)15-11-9(13(18)19)5-14-12-10(11)8(2)16-17(12)3/h5,7H,6H2,1-4H3,(H,14,15)(H,18,19). The average Bonchev–Trinajstić information content (AvgIpc) is 2.64. The molecule has 2 rings (SSSR count). The zero-order valence-electron chi connectivity index (χ0n) is 12.4. The van der Waals surface area contributed by atoms with Gasteiger partial charge in [-0.05, 0) is 13.8 Å². The number of carboxylic acid groups (broad SMARTS) is 1. The molecule has 2 unspecified atom stereocenters. The zero-order valence-corrected chi connectivity index (χ0v) is 13.2. The monoisotopic (exact) mass is 310 g/mol. The van der Waals surface area contributed by atoms with Crippen LogP contribution >= 0.6 is 0 Å². The predicted octanol–water partition coefficient (Wildman–Crippen LogP) is 1.15. The van der Waals surface area contributed by atoms with E-state index in [2.05, 4.69) is 15.4 Å². The van der Waals surface area contributed by atoms with Crippen molar-refractivity contribution >= 4 is 33.5 Å². The number of hydrogen-bond donors (Lipinski definition) is 2. The number of hydrogen-bond acceptors (Lipinski definition) is 5. The summed E-state index contributed by atoms with van der Waals surface area (Å²) in [5, 5.41) is 17.5. The van der Waals surface area contributed by atoms with Crippen molar-refractivity contribution in [1.29, 1.82) is 0 Å². The molecule has 0 amide bonds. The molecule has 0 aliphatic rings. The number of carbonyl (C=O) groups is 1. The minimum Gasteiger partial charge on any atom is -0.478 e. The largest absolute Gasteiger partial charge is 0.478 e. The Balaban J connectivity index is 2.59. The van der Waals surface area contributed by atoms with Gasteiger partial charge in [0.2, 0.25) is 0 Å². The smallest absolute Gasteiger partial charge is 0.339 e. The van der Waals surface area contributed by atoms with Crippen molar-refractivity contribution in [2.45, 2.75) is 19.9 Å². The second-order valence-electron chi connectivity index (χ2n) is 5.04. The van der Waals surface area contributed by atoms with Crippen LogP contribution < -0.4 is 5.32 Å². The molecule has 2 atom stereocenters. The second-order valence-corrected chi connectivity index (χ2v) is 6.52. The topological polar surface area (TPSA) is 97.1 Å². The summed E-state index contributed by atoms with van der Waals surface area (Å²) in [7, 11) is 0.794. The summed E-state index contributed by atoms with van der Waals surface area (Å²) < 4.78 is 12.9. The summed E-state index contributed by atoms with van der Waals surface area (Å²) in [6.07, 6.45) is 2.94. The SMILES string of the molecule is Cc1nn(C)c2ncc(C(=O)O)c(NC(C)CS(C)=O)c12. The Hall–Kier alpha value is -1.96. The fourth-order valence-corrected chi connectivity index (χ4v) is 3.15. The first-order valence-corrected chi connectivity index (χ1v) is 8.16. The van der Waals surface area contributed by atoms with Gasteiger partial charge in [0.25, 0.3) is 0 Å². The van der Waals surface area contributed by atoms with Crippen LogP contribution in [0.2, 0.25) is 0 Å². The van der Waals surface area contributed by atoms with Crippen LogP contribution in [0.4, 0.5) is 5.69 Å². The average molecular weight is 310 g/mol. The molecule has 7 nitrogen and oxygen atoms in total. The molecule has 8 heteroatoms. The summed E-state index contributed by atoms with van der Waals surface area (Å²) in [5.41, 5.74) is 1.89. The van der Waals surface area contributed by atoms with Gasteiger partial charge >= 0.3 is 5.97 Å². The number of aromatic nitrogens is 3. The van der Waals surface area contributed by atoms with Crippen LogP contribution in [-0.2, 0) is 17.8 Å². The number of fused-ring (bicyclic) bond motifs is 1. The number of aryl methyl sites for hydroxylation is 2. The first-order chi connectivity index (χ1) is 9.81. The summed E-state index contributed by atoms with van der Waals surface area (Å²) in [5.74, 6) is -0.623. The van der Waals surface area contributed by atoms with Gasteiger partial charge < -0.3 is 10.4 Å². The molecule has 0 radical (unpaired) electrons. The molecule has 0 saturated heterocycles.